The fraction of sp³-hybridized carbons (Fsp3) is 0.517. The van der Waals surface area contributed by atoms with Crippen LogP contribution in [0.1, 0.15) is 78.5 Å². The number of hydrogen-bond acceptors (Lipinski definition) is 5. The van der Waals surface area contributed by atoms with E-state index in [0.717, 1.165) is 11.0 Å². The minimum atomic E-state index is -0.999. The van der Waals surface area contributed by atoms with Crippen molar-refractivity contribution in [1.82, 2.24) is 4.90 Å². The molecule has 0 radical (unpaired) electrons. The molecule has 0 bridgehead atoms. The van der Waals surface area contributed by atoms with Gasteiger partial charge in [0.1, 0.15) is 11.4 Å². The molecule has 196 valence electrons. The predicted octanol–water partition coefficient (Wildman–Crippen LogP) is 5.86. The molecule has 2 atom stereocenters. The Balaban J connectivity index is 1.52. The summed E-state index contributed by atoms with van der Waals surface area (Å²) < 4.78 is 32.1. The van der Waals surface area contributed by atoms with Crippen LogP contribution in [0.25, 0.3) is 0 Å². The Morgan fingerprint density at radius 3 is 2.14 bits per heavy atom. The van der Waals surface area contributed by atoms with Gasteiger partial charge in [0.15, 0.2) is 0 Å². The van der Waals surface area contributed by atoms with E-state index in [4.69, 9.17) is 14.0 Å². The van der Waals surface area contributed by atoms with E-state index in [-0.39, 0.29) is 11.9 Å². The van der Waals surface area contributed by atoms with E-state index in [1.54, 1.807) is 17.0 Å². The third kappa shape index (κ3) is 5.25. The number of cyclic esters (lactones) is 1. The minimum absolute atomic E-state index is 0.227. The summed E-state index contributed by atoms with van der Waals surface area (Å²) in [7, 11) is -0.450. The molecule has 0 spiro atoms. The molecule has 2 aliphatic rings. The van der Waals surface area contributed by atoms with Crippen molar-refractivity contribution in [3.8, 4) is 6.07 Å². The Morgan fingerprint density at radius 1 is 1.05 bits per heavy atom. The highest BCUT2D eigenvalue weighted by Crippen LogP contribution is 2.44. The number of benzene rings is 2. The van der Waals surface area contributed by atoms with Gasteiger partial charge in [-0.25, -0.2) is 9.18 Å². The molecule has 1 unspecified atom stereocenters. The second-order valence-electron chi connectivity index (χ2n) is 11.9. The van der Waals surface area contributed by atoms with Crippen LogP contribution in [0.5, 0.6) is 0 Å². The molecule has 2 fully saturated rings. The number of carbonyl (C=O) groups excluding carboxylic acids is 1. The maximum absolute atomic E-state index is 13.6. The molecule has 6 nitrogen and oxygen atoms in total. The fourth-order valence-electron chi connectivity index (χ4n) is 5.05. The van der Waals surface area contributed by atoms with E-state index in [9.17, 15) is 14.4 Å². The van der Waals surface area contributed by atoms with Gasteiger partial charge < -0.3 is 18.9 Å². The van der Waals surface area contributed by atoms with Gasteiger partial charge in [0, 0.05) is 19.4 Å². The summed E-state index contributed by atoms with van der Waals surface area (Å²) in [5, 5.41) is 9.66. The van der Waals surface area contributed by atoms with Crippen molar-refractivity contribution < 1.29 is 23.2 Å². The molecule has 8 heteroatoms. The Labute approximate surface area is 219 Å². The van der Waals surface area contributed by atoms with Crippen molar-refractivity contribution in [2.24, 2.45) is 5.41 Å². The van der Waals surface area contributed by atoms with Gasteiger partial charge in [-0.3, -0.25) is 0 Å². The summed E-state index contributed by atoms with van der Waals surface area (Å²) in [5.41, 5.74) is 0.0156. The molecular weight excluding hydrogens is 470 g/mol. The first-order valence-electron chi connectivity index (χ1n) is 12.8. The molecule has 0 aliphatic carbocycles. The average molecular weight is 506 g/mol. The Kier molecular flexibility index (Phi) is 6.94. The molecule has 37 heavy (non-hydrogen) atoms. The van der Waals surface area contributed by atoms with Crippen molar-refractivity contribution in [3.05, 3.63) is 65.5 Å². The van der Waals surface area contributed by atoms with Crippen LogP contribution in [0.15, 0.2) is 48.5 Å². The summed E-state index contributed by atoms with van der Waals surface area (Å²) in [5.74, 6) is -0.361. The Morgan fingerprint density at radius 2 is 1.62 bits per heavy atom. The first kappa shape index (κ1) is 27.2. The average Bonchev–Trinajstić information content (AvgIpc) is 3.05. The van der Waals surface area contributed by atoms with Gasteiger partial charge in [-0.15, -0.1) is 0 Å². The number of nitrogens with zero attached hydrogens (tertiary/aromatic N) is 2. The highest BCUT2D eigenvalue weighted by Gasteiger charge is 2.52. The summed E-state index contributed by atoms with van der Waals surface area (Å²) in [6.45, 7) is 14.1. The monoisotopic (exact) mass is 506 g/mol. The summed E-state index contributed by atoms with van der Waals surface area (Å²) >= 11 is 0. The lowest BCUT2D eigenvalue weighted by Gasteiger charge is -2.45. The molecule has 4 rings (SSSR count). The minimum Gasteiger partial charge on any atom is -0.438 e. The summed E-state index contributed by atoms with van der Waals surface area (Å²) in [6.07, 6.45) is 0.358. The predicted molar refractivity (Wildman–Crippen MR) is 140 cm³/mol. The molecule has 2 heterocycles. The number of ether oxygens (including phenoxy) is 1. The third-order valence-corrected chi connectivity index (χ3v) is 8.09. The van der Waals surface area contributed by atoms with E-state index in [2.05, 4.69) is 6.07 Å². The Bertz CT molecular complexity index is 1170. The third-order valence-electron chi connectivity index (χ3n) is 8.09. The Hall–Kier alpha value is -2.89. The van der Waals surface area contributed by atoms with Crippen LogP contribution in [0, 0.1) is 22.6 Å². The van der Waals surface area contributed by atoms with Crippen molar-refractivity contribution in [2.75, 3.05) is 6.54 Å². The van der Waals surface area contributed by atoms with Gasteiger partial charge >= 0.3 is 13.2 Å². The zero-order valence-corrected chi connectivity index (χ0v) is 22.8. The smallest absolute Gasteiger partial charge is 0.438 e. The van der Waals surface area contributed by atoms with Crippen molar-refractivity contribution >= 4 is 18.7 Å². The maximum Gasteiger partial charge on any atom is 0.494 e. The highest BCUT2D eigenvalue weighted by atomic mass is 19.1. The number of amides is 1. The van der Waals surface area contributed by atoms with Gasteiger partial charge in [-0.2, -0.15) is 5.26 Å². The van der Waals surface area contributed by atoms with Gasteiger partial charge in [0.05, 0.1) is 28.7 Å². The van der Waals surface area contributed by atoms with Crippen LogP contribution in [0.2, 0.25) is 0 Å². The molecule has 2 aromatic carbocycles. The number of halogens is 1. The van der Waals surface area contributed by atoms with E-state index in [1.807, 2.05) is 72.7 Å². The van der Waals surface area contributed by atoms with Gasteiger partial charge in [0.25, 0.3) is 0 Å². The molecule has 1 amide bonds. The van der Waals surface area contributed by atoms with Crippen LogP contribution in [-0.2, 0) is 19.6 Å². The van der Waals surface area contributed by atoms with Crippen LogP contribution < -0.4 is 5.46 Å². The molecule has 2 aromatic rings. The second kappa shape index (κ2) is 9.45. The van der Waals surface area contributed by atoms with E-state index >= 15 is 0 Å². The van der Waals surface area contributed by atoms with Gasteiger partial charge in [-0.05, 0) is 77.2 Å². The van der Waals surface area contributed by atoms with E-state index in [0.29, 0.717) is 24.9 Å². The van der Waals surface area contributed by atoms with Crippen LogP contribution in [-0.4, -0.2) is 35.9 Å². The normalized spacial score (nSPS) is 23.9. The van der Waals surface area contributed by atoms with Crippen LogP contribution in [0.3, 0.4) is 0 Å². The molecule has 0 saturated carbocycles. The summed E-state index contributed by atoms with van der Waals surface area (Å²) in [6, 6.07) is 16.0. The van der Waals surface area contributed by atoms with E-state index < -0.39 is 35.4 Å². The molecule has 2 saturated heterocycles. The quantitative estimate of drug-likeness (QED) is 0.459. The van der Waals surface area contributed by atoms with Gasteiger partial charge in [-0.1, -0.05) is 36.4 Å². The highest BCUT2D eigenvalue weighted by molar-refractivity contribution is 6.62. The number of hydrogen-bond donors (Lipinski definition) is 0. The standard InChI is InChI=1S/C29H36BFN2O4/c1-20(21-8-12-23(13-9-21)30-36-27(4,5)28(6,7)37-30)33-17-16-29(35-25(33)34,18-26(2,3)19-32)22-10-14-24(31)15-11-22/h8-15,20H,16-18H2,1-7H3/t20-,29?/m0/s1. The molecular formula is C29H36BFN2O4. The zero-order valence-electron chi connectivity index (χ0n) is 22.8. The lowest BCUT2D eigenvalue weighted by atomic mass is 9.75. The number of rotatable bonds is 6. The van der Waals surface area contributed by atoms with Crippen molar-refractivity contribution in [1.29, 1.82) is 5.26 Å². The van der Waals surface area contributed by atoms with Crippen molar-refractivity contribution in [3.63, 3.8) is 0 Å². The topological polar surface area (TPSA) is 71.8 Å². The largest absolute Gasteiger partial charge is 0.494 e. The zero-order chi connectivity index (χ0) is 27.2. The fourth-order valence-corrected chi connectivity index (χ4v) is 5.05. The second-order valence-corrected chi connectivity index (χ2v) is 11.9. The van der Waals surface area contributed by atoms with Crippen LogP contribution >= 0.6 is 0 Å². The van der Waals surface area contributed by atoms with Gasteiger partial charge in [0.2, 0.25) is 0 Å². The van der Waals surface area contributed by atoms with E-state index in [1.165, 1.54) is 12.1 Å². The lowest BCUT2D eigenvalue weighted by molar-refractivity contribution is -0.0771. The maximum atomic E-state index is 13.6. The summed E-state index contributed by atoms with van der Waals surface area (Å²) in [4.78, 5) is 15.1. The SMILES string of the molecule is C[C@@H](c1ccc(B2OC(C)(C)C(C)(C)O2)cc1)N1CCC(CC(C)(C)C#N)(c2ccc(F)cc2)OC1=O. The van der Waals surface area contributed by atoms with Crippen molar-refractivity contribution in [2.45, 2.75) is 84.2 Å². The number of nitriles is 1. The molecule has 2 aliphatic heterocycles. The molecule has 0 N–H and O–H groups in total. The first-order valence-corrected chi connectivity index (χ1v) is 12.8. The first-order chi connectivity index (χ1) is 17.2. The van der Waals surface area contributed by atoms with Crippen LogP contribution in [0.4, 0.5) is 9.18 Å². The number of carbonyl (C=O) groups is 1. The lowest BCUT2D eigenvalue weighted by Crippen LogP contribution is -2.50. The molecule has 0 aromatic heterocycles.